The van der Waals surface area contributed by atoms with Crippen LogP contribution < -0.4 is 14.2 Å². The van der Waals surface area contributed by atoms with Crippen LogP contribution >= 0.6 is 0 Å². The summed E-state index contributed by atoms with van der Waals surface area (Å²) in [5.74, 6) is 2.12. The molecule has 0 atom stereocenters. The monoisotopic (exact) mass is 299 g/mol. The molecule has 0 amide bonds. The zero-order valence-corrected chi connectivity index (χ0v) is 12.2. The summed E-state index contributed by atoms with van der Waals surface area (Å²) in [7, 11) is 0. The predicted octanol–water partition coefficient (Wildman–Crippen LogP) is 2.34. The van der Waals surface area contributed by atoms with E-state index in [4.69, 9.17) is 14.2 Å². The van der Waals surface area contributed by atoms with Gasteiger partial charge in [0.2, 0.25) is 5.88 Å². The summed E-state index contributed by atoms with van der Waals surface area (Å²) in [6.07, 6.45) is 3.76. The molecule has 2 aliphatic rings. The third-order valence-electron chi connectivity index (χ3n) is 4.00. The van der Waals surface area contributed by atoms with Gasteiger partial charge in [-0.1, -0.05) is 0 Å². The second-order valence-electron chi connectivity index (χ2n) is 5.45. The van der Waals surface area contributed by atoms with E-state index in [0.29, 0.717) is 24.7 Å². The fraction of sp³-hybridized carbons (Fsp3) is 0.353. The van der Waals surface area contributed by atoms with Crippen molar-refractivity contribution in [1.29, 1.82) is 0 Å². The fourth-order valence-corrected chi connectivity index (χ4v) is 2.92. The van der Waals surface area contributed by atoms with Crippen LogP contribution in [-0.4, -0.2) is 29.9 Å². The van der Waals surface area contributed by atoms with Gasteiger partial charge in [-0.2, -0.15) is 0 Å². The molecule has 0 spiro atoms. The second-order valence-corrected chi connectivity index (χ2v) is 5.45. The first-order valence-corrected chi connectivity index (χ1v) is 7.50. The molecule has 22 heavy (non-hydrogen) atoms. The van der Waals surface area contributed by atoms with E-state index >= 15 is 0 Å². The molecule has 0 aliphatic carbocycles. The summed E-state index contributed by atoms with van der Waals surface area (Å²) in [5, 5.41) is 9.68. The smallest absolute Gasteiger partial charge is 0.216 e. The van der Waals surface area contributed by atoms with Crippen molar-refractivity contribution < 1.29 is 19.3 Å². The summed E-state index contributed by atoms with van der Waals surface area (Å²) < 4.78 is 16.8. The molecule has 1 N–H and O–H groups in total. The lowest BCUT2D eigenvalue weighted by Gasteiger charge is -2.21. The molecule has 0 unspecified atom stereocenters. The topological polar surface area (TPSA) is 60.8 Å². The summed E-state index contributed by atoms with van der Waals surface area (Å²) in [6, 6.07) is 5.86. The minimum atomic E-state index is -0.0560. The summed E-state index contributed by atoms with van der Waals surface area (Å²) >= 11 is 0. The van der Waals surface area contributed by atoms with Gasteiger partial charge in [0.05, 0.1) is 13.2 Å². The largest absolute Gasteiger partial charge is 0.486 e. The van der Waals surface area contributed by atoms with Crippen LogP contribution in [0, 0.1) is 0 Å². The number of rotatable bonds is 2. The maximum absolute atomic E-state index is 9.68. The highest BCUT2D eigenvalue weighted by Crippen LogP contribution is 2.38. The first-order valence-electron chi connectivity index (χ1n) is 7.50. The van der Waals surface area contributed by atoms with Crippen molar-refractivity contribution in [2.45, 2.75) is 19.4 Å². The molecule has 114 valence electrons. The normalized spacial score (nSPS) is 15.9. The van der Waals surface area contributed by atoms with Gasteiger partial charge in [-0.25, -0.2) is 4.98 Å². The van der Waals surface area contributed by atoms with E-state index in [1.54, 1.807) is 6.20 Å². The molecule has 1 aromatic carbocycles. The molecular formula is C17H17NO4. The van der Waals surface area contributed by atoms with Gasteiger partial charge in [-0.05, 0) is 42.2 Å². The van der Waals surface area contributed by atoms with Gasteiger partial charge in [0.25, 0.3) is 0 Å². The van der Waals surface area contributed by atoms with E-state index in [1.165, 1.54) is 0 Å². The zero-order valence-electron chi connectivity index (χ0n) is 12.2. The summed E-state index contributed by atoms with van der Waals surface area (Å²) in [6.45, 7) is 1.75. The van der Waals surface area contributed by atoms with Gasteiger partial charge in [-0.15, -0.1) is 0 Å². The lowest BCUT2D eigenvalue weighted by Crippen LogP contribution is -2.15. The number of benzene rings is 1. The predicted molar refractivity (Wildman–Crippen MR) is 80.4 cm³/mol. The minimum absolute atomic E-state index is 0.0560. The van der Waals surface area contributed by atoms with Gasteiger partial charge in [-0.3, -0.25) is 0 Å². The number of nitrogens with zero attached hydrogens (tertiary/aromatic N) is 1. The Bertz CT molecular complexity index is 714. The van der Waals surface area contributed by atoms with E-state index in [-0.39, 0.29) is 6.61 Å². The maximum atomic E-state index is 9.68. The first kappa shape index (κ1) is 13.4. The van der Waals surface area contributed by atoms with Crippen molar-refractivity contribution in [3.05, 3.63) is 35.5 Å². The molecule has 5 heteroatoms. The average molecular weight is 299 g/mol. The highest BCUT2D eigenvalue weighted by Gasteiger charge is 2.18. The molecule has 4 rings (SSSR count). The van der Waals surface area contributed by atoms with Crippen molar-refractivity contribution in [3.63, 3.8) is 0 Å². The number of aryl methyl sites for hydroxylation is 1. The van der Waals surface area contributed by atoms with Crippen LogP contribution in [-0.2, 0) is 13.0 Å². The van der Waals surface area contributed by atoms with Gasteiger partial charge < -0.3 is 19.3 Å². The molecule has 3 heterocycles. The third kappa shape index (κ3) is 2.27. The van der Waals surface area contributed by atoms with Crippen molar-refractivity contribution in [1.82, 2.24) is 4.98 Å². The highest BCUT2D eigenvalue weighted by molar-refractivity contribution is 5.71. The Morgan fingerprint density at radius 1 is 1.00 bits per heavy atom. The Kier molecular flexibility index (Phi) is 3.35. The molecule has 1 aromatic heterocycles. The number of fused-ring (bicyclic) bond motifs is 2. The molecule has 2 aliphatic heterocycles. The lowest BCUT2D eigenvalue weighted by atomic mass is 9.98. The van der Waals surface area contributed by atoms with E-state index in [1.807, 2.05) is 12.1 Å². The van der Waals surface area contributed by atoms with Crippen LogP contribution in [0.2, 0.25) is 0 Å². The number of aliphatic hydroxyl groups is 1. The molecule has 0 saturated carbocycles. The van der Waals surface area contributed by atoms with Crippen LogP contribution in [0.15, 0.2) is 24.4 Å². The van der Waals surface area contributed by atoms with Crippen LogP contribution in [0.5, 0.6) is 17.4 Å². The molecule has 0 fully saturated rings. The van der Waals surface area contributed by atoms with Crippen molar-refractivity contribution in [2.24, 2.45) is 0 Å². The summed E-state index contributed by atoms with van der Waals surface area (Å²) in [4.78, 5) is 4.41. The SMILES string of the molecule is OCc1cc2c(cc1-c1cnc3c(c1)CCCO3)OCCO2. The van der Waals surface area contributed by atoms with Crippen LogP contribution in [0.4, 0.5) is 0 Å². The number of aliphatic hydroxyl groups excluding tert-OH is 1. The van der Waals surface area contributed by atoms with E-state index in [2.05, 4.69) is 11.1 Å². The second kappa shape index (κ2) is 5.50. The van der Waals surface area contributed by atoms with Crippen molar-refractivity contribution >= 4 is 0 Å². The first-order chi connectivity index (χ1) is 10.8. The number of pyridine rings is 1. The van der Waals surface area contributed by atoms with Gasteiger partial charge >= 0.3 is 0 Å². The standard InChI is InChI=1S/C17H17NO4/c19-10-13-7-15-16(21-5-4-20-15)8-14(13)12-6-11-2-1-3-22-17(11)18-9-12/h6-9,19H,1-5,10H2. The fourth-order valence-electron chi connectivity index (χ4n) is 2.92. The van der Waals surface area contributed by atoms with E-state index in [9.17, 15) is 5.11 Å². The molecule has 5 nitrogen and oxygen atoms in total. The quantitative estimate of drug-likeness (QED) is 0.922. The number of ether oxygens (including phenoxy) is 3. The minimum Gasteiger partial charge on any atom is -0.486 e. The average Bonchev–Trinajstić information content (AvgIpc) is 2.60. The zero-order chi connectivity index (χ0) is 14.9. The van der Waals surface area contributed by atoms with Gasteiger partial charge in [0.15, 0.2) is 11.5 Å². The molecule has 0 bridgehead atoms. The molecule has 0 radical (unpaired) electrons. The number of hydrogen-bond acceptors (Lipinski definition) is 5. The highest BCUT2D eigenvalue weighted by atomic mass is 16.6. The Labute approximate surface area is 128 Å². The number of hydrogen-bond donors (Lipinski definition) is 1. The van der Waals surface area contributed by atoms with Gasteiger partial charge in [0.1, 0.15) is 13.2 Å². The Balaban J connectivity index is 1.81. The van der Waals surface area contributed by atoms with Gasteiger partial charge in [0, 0.05) is 17.3 Å². The van der Waals surface area contributed by atoms with E-state index < -0.39 is 0 Å². The van der Waals surface area contributed by atoms with E-state index in [0.717, 1.165) is 47.6 Å². The Morgan fingerprint density at radius 3 is 2.64 bits per heavy atom. The lowest BCUT2D eigenvalue weighted by molar-refractivity contribution is 0.171. The Hall–Kier alpha value is -2.27. The summed E-state index contributed by atoms with van der Waals surface area (Å²) in [5.41, 5.74) is 3.81. The van der Waals surface area contributed by atoms with Crippen LogP contribution in [0.25, 0.3) is 11.1 Å². The maximum Gasteiger partial charge on any atom is 0.216 e. The van der Waals surface area contributed by atoms with Crippen molar-refractivity contribution in [2.75, 3.05) is 19.8 Å². The van der Waals surface area contributed by atoms with Crippen LogP contribution in [0.1, 0.15) is 17.5 Å². The molecule has 2 aromatic rings. The van der Waals surface area contributed by atoms with Crippen LogP contribution in [0.3, 0.4) is 0 Å². The molecule has 0 saturated heterocycles. The molecular weight excluding hydrogens is 282 g/mol. The third-order valence-corrected chi connectivity index (χ3v) is 4.00. The number of aromatic nitrogens is 1. The Morgan fingerprint density at radius 2 is 1.82 bits per heavy atom. The van der Waals surface area contributed by atoms with Crippen molar-refractivity contribution in [3.8, 4) is 28.5 Å².